The zero-order chi connectivity index (χ0) is 39.5. The van der Waals surface area contributed by atoms with E-state index in [2.05, 4.69) is 154 Å². The highest BCUT2D eigenvalue weighted by Gasteiger charge is 2.09. The third-order valence-corrected chi connectivity index (χ3v) is 11.5. The predicted octanol–water partition coefficient (Wildman–Crippen LogP) is 17.1. The summed E-state index contributed by atoms with van der Waals surface area (Å²) in [6.07, 6.45) is 26.5. The van der Waals surface area contributed by atoms with E-state index in [4.69, 9.17) is 9.47 Å². The van der Waals surface area contributed by atoms with Crippen LogP contribution in [-0.4, -0.2) is 13.2 Å². The van der Waals surface area contributed by atoms with Gasteiger partial charge in [0.25, 0.3) is 0 Å². The van der Waals surface area contributed by atoms with Crippen molar-refractivity contribution in [3.8, 4) is 11.5 Å². The van der Waals surface area contributed by atoms with Gasteiger partial charge in [0.05, 0.1) is 13.2 Å². The van der Waals surface area contributed by atoms with E-state index in [1.54, 1.807) is 0 Å². The molecule has 0 saturated carbocycles. The summed E-state index contributed by atoms with van der Waals surface area (Å²) >= 11 is 7.23. The Labute approximate surface area is 357 Å². The summed E-state index contributed by atoms with van der Waals surface area (Å²) in [5.41, 5.74) is 13.5. The van der Waals surface area contributed by atoms with Crippen molar-refractivity contribution in [2.75, 3.05) is 13.2 Å². The van der Waals surface area contributed by atoms with Crippen molar-refractivity contribution in [1.29, 1.82) is 0 Å². The van der Waals surface area contributed by atoms with Crippen LogP contribution in [-0.2, 0) is 0 Å². The molecular weight excluding hydrogens is 816 g/mol. The topological polar surface area (TPSA) is 18.5 Å². The highest BCUT2D eigenvalue weighted by Crippen LogP contribution is 2.29. The number of ether oxygens (including phenoxy) is 2. The van der Waals surface area contributed by atoms with Gasteiger partial charge in [-0.1, -0.05) is 221 Å². The average Bonchev–Trinajstić information content (AvgIpc) is 3.22. The lowest BCUT2D eigenvalue weighted by Gasteiger charge is -2.10. The minimum absolute atomic E-state index is 0.758. The SMILES string of the molecule is CCCCCCCCCCCCOc1ccc(C(=C=C=C(c2ccc(Br)cc2)c2ccc(OCCCCCCCCCCCC)cc2)c2ccc(Br)cc2)cc1. The van der Waals surface area contributed by atoms with E-state index in [9.17, 15) is 0 Å². The van der Waals surface area contributed by atoms with Crippen molar-refractivity contribution in [2.24, 2.45) is 0 Å². The van der Waals surface area contributed by atoms with Gasteiger partial charge in [0.1, 0.15) is 11.5 Å². The Morgan fingerprint density at radius 2 is 0.607 bits per heavy atom. The second-order valence-electron chi connectivity index (χ2n) is 15.1. The van der Waals surface area contributed by atoms with Gasteiger partial charge in [0.2, 0.25) is 0 Å². The number of halogens is 2. The van der Waals surface area contributed by atoms with Crippen molar-refractivity contribution >= 4 is 43.0 Å². The Balaban J connectivity index is 1.43. The third-order valence-electron chi connectivity index (χ3n) is 10.4. The van der Waals surface area contributed by atoms with Gasteiger partial charge in [0, 0.05) is 20.1 Å². The van der Waals surface area contributed by atoms with E-state index < -0.39 is 0 Å². The van der Waals surface area contributed by atoms with Gasteiger partial charge in [-0.25, -0.2) is 0 Å². The summed E-state index contributed by atoms with van der Waals surface area (Å²) in [5, 5.41) is 0. The van der Waals surface area contributed by atoms with Gasteiger partial charge in [-0.05, 0) is 83.6 Å². The van der Waals surface area contributed by atoms with Gasteiger partial charge in [-0.15, -0.1) is 0 Å². The summed E-state index contributed by atoms with van der Waals surface area (Å²) in [6.45, 7) is 6.08. The van der Waals surface area contributed by atoms with Gasteiger partial charge in [-0.3, -0.25) is 0 Å². The fourth-order valence-electron chi connectivity index (χ4n) is 6.97. The van der Waals surface area contributed by atoms with Crippen molar-refractivity contribution in [2.45, 2.75) is 142 Å². The highest BCUT2D eigenvalue weighted by molar-refractivity contribution is 9.10. The van der Waals surface area contributed by atoms with Crippen LogP contribution in [0.1, 0.15) is 165 Å². The molecule has 56 heavy (non-hydrogen) atoms. The van der Waals surface area contributed by atoms with Gasteiger partial charge in [-0.2, -0.15) is 0 Å². The van der Waals surface area contributed by atoms with Gasteiger partial charge < -0.3 is 9.47 Å². The first-order chi connectivity index (χ1) is 27.6. The van der Waals surface area contributed by atoms with Crippen molar-refractivity contribution < 1.29 is 9.47 Å². The molecule has 4 heteroatoms. The van der Waals surface area contributed by atoms with Crippen LogP contribution in [0.25, 0.3) is 11.1 Å². The molecule has 0 amide bonds. The Hall–Kier alpha value is -3.26. The monoisotopic (exact) mass is 880 g/mol. The van der Waals surface area contributed by atoms with Crippen LogP contribution in [0.4, 0.5) is 0 Å². The second kappa shape index (κ2) is 28.2. The second-order valence-corrected chi connectivity index (χ2v) is 17.0. The molecule has 0 unspecified atom stereocenters. The van der Waals surface area contributed by atoms with Crippen LogP contribution in [0.15, 0.2) is 117 Å². The summed E-state index contributed by atoms with van der Waals surface area (Å²) in [5.74, 6) is 1.82. The molecular formula is C52H66Br2O2. The Morgan fingerprint density at radius 1 is 0.357 bits per heavy atom. The molecule has 0 N–H and O–H groups in total. The smallest absolute Gasteiger partial charge is 0.119 e. The summed E-state index contributed by atoms with van der Waals surface area (Å²) < 4.78 is 14.4. The standard InChI is InChI=1S/C52H66Br2O2/c1-3-5-7-9-11-13-15-17-19-21-41-55-49-35-27-45(28-36-49)51(43-23-31-47(53)32-24-43)39-40-52(44-25-33-48(54)34-26-44)46-29-37-50(38-30-46)56-42-22-20-18-16-14-12-10-8-6-4-2/h23-38H,3-22,41-42H2,1-2H3. The molecule has 0 atom stereocenters. The molecule has 0 aliphatic heterocycles. The van der Waals surface area contributed by atoms with Gasteiger partial charge >= 0.3 is 0 Å². The molecule has 0 aliphatic rings. The number of hydrogen-bond acceptors (Lipinski definition) is 2. The molecule has 2 nitrogen and oxygen atoms in total. The minimum Gasteiger partial charge on any atom is -0.494 e. The Kier molecular flexibility index (Phi) is 22.9. The zero-order valence-corrected chi connectivity index (χ0v) is 37.5. The molecule has 0 aliphatic carbocycles. The summed E-state index contributed by atoms with van der Waals surface area (Å²) in [4.78, 5) is 0. The number of benzene rings is 4. The van der Waals surface area contributed by atoms with E-state index >= 15 is 0 Å². The fourth-order valence-corrected chi connectivity index (χ4v) is 7.50. The minimum atomic E-state index is 0.758. The Bertz CT molecular complexity index is 1600. The van der Waals surface area contributed by atoms with Crippen molar-refractivity contribution in [3.63, 3.8) is 0 Å². The predicted molar refractivity (Wildman–Crippen MR) is 248 cm³/mol. The van der Waals surface area contributed by atoms with Crippen LogP contribution in [0.5, 0.6) is 11.5 Å². The quantitative estimate of drug-likeness (QED) is 0.0418. The number of hydrogen-bond donors (Lipinski definition) is 0. The van der Waals surface area contributed by atoms with Crippen LogP contribution >= 0.6 is 31.9 Å². The summed E-state index contributed by atoms with van der Waals surface area (Å²) in [7, 11) is 0. The maximum atomic E-state index is 6.16. The molecule has 300 valence electrons. The molecule has 0 spiro atoms. The Morgan fingerprint density at radius 3 is 0.893 bits per heavy atom. The fraction of sp³-hybridized carbons (Fsp3) is 0.462. The van der Waals surface area contributed by atoms with Crippen LogP contribution in [0.3, 0.4) is 0 Å². The van der Waals surface area contributed by atoms with Crippen LogP contribution < -0.4 is 9.47 Å². The lowest BCUT2D eigenvalue weighted by atomic mass is 9.96. The number of unbranched alkanes of at least 4 members (excludes halogenated alkanes) is 18. The van der Waals surface area contributed by atoms with Crippen LogP contribution in [0, 0.1) is 0 Å². The van der Waals surface area contributed by atoms with E-state index in [0.29, 0.717) is 0 Å². The highest BCUT2D eigenvalue weighted by atomic mass is 79.9. The maximum absolute atomic E-state index is 6.16. The maximum Gasteiger partial charge on any atom is 0.119 e. The molecule has 0 radical (unpaired) electrons. The first-order valence-electron chi connectivity index (χ1n) is 21.8. The molecule has 0 heterocycles. The lowest BCUT2D eigenvalue weighted by Crippen LogP contribution is -1.97. The van der Waals surface area contributed by atoms with E-state index in [1.165, 1.54) is 116 Å². The van der Waals surface area contributed by atoms with Crippen LogP contribution in [0.2, 0.25) is 0 Å². The first kappa shape index (κ1) is 45.4. The molecule has 0 aromatic heterocycles. The first-order valence-corrected chi connectivity index (χ1v) is 23.4. The molecule has 4 aromatic rings. The summed E-state index contributed by atoms with van der Waals surface area (Å²) in [6, 6.07) is 33.7. The number of rotatable bonds is 28. The molecule has 4 rings (SSSR count). The average molecular weight is 883 g/mol. The largest absolute Gasteiger partial charge is 0.494 e. The van der Waals surface area contributed by atoms with E-state index in [0.717, 1.165) is 79.9 Å². The normalized spacial score (nSPS) is 10.9. The molecule has 0 fully saturated rings. The third kappa shape index (κ3) is 17.9. The molecule has 0 bridgehead atoms. The van der Waals surface area contributed by atoms with Crippen molar-refractivity contribution in [3.05, 3.63) is 140 Å². The zero-order valence-electron chi connectivity index (χ0n) is 34.4. The molecule has 4 aromatic carbocycles. The van der Waals surface area contributed by atoms with E-state index in [1.807, 2.05) is 0 Å². The van der Waals surface area contributed by atoms with Crippen molar-refractivity contribution in [1.82, 2.24) is 0 Å². The van der Waals surface area contributed by atoms with Gasteiger partial charge in [0.15, 0.2) is 0 Å². The van der Waals surface area contributed by atoms with E-state index in [-0.39, 0.29) is 0 Å². The molecule has 0 saturated heterocycles. The lowest BCUT2D eigenvalue weighted by molar-refractivity contribution is 0.304.